The first-order valence-electron chi connectivity index (χ1n) is 3.29. The summed E-state index contributed by atoms with van der Waals surface area (Å²) in [6, 6.07) is 0. The van der Waals surface area contributed by atoms with Crippen LogP contribution in [0.5, 0.6) is 0 Å². The molecule has 1 N–H and O–H groups in total. The SMILES string of the molecule is O=C(O)CCC(F)(F)CC(F)(F)F. The highest BCUT2D eigenvalue weighted by molar-refractivity contribution is 5.66. The Morgan fingerprint density at radius 1 is 1.15 bits per heavy atom. The largest absolute Gasteiger partial charge is 0.481 e. The van der Waals surface area contributed by atoms with Crippen LogP contribution in [0.3, 0.4) is 0 Å². The summed E-state index contributed by atoms with van der Waals surface area (Å²) in [4.78, 5) is 9.80. The highest BCUT2D eigenvalue weighted by Gasteiger charge is 2.43. The highest BCUT2D eigenvalue weighted by atomic mass is 19.4. The molecule has 0 saturated heterocycles. The zero-order valence-corrected chi connectivity index (χ0v) is 6.37. The number of alkyl halides is 5. The Kier molecular flexibility index (Phi) is 3.62. The molecule has 0 spiro atoms. The molecule has 0 bridgehead atoms. The second kappa shape index (κ2) is 3.89. The van der Waals surface area contributed by atoms with Crippen LogP contribution in [0.4, 0.5) is 22.0 Å². The molecule has 0 aliphatic rings. The second-order valence-electron chi connectivity index (χ2n) is 2.54. The van der Waals surface area contributed by atoms with E-state index in [1.165, 1.54) is 0 Å². The molecule has 0 saturated carbocycles. The molecular weight excluding hydrogens is 199 g/mol. The van der Waals surface area contributed by atoms with Crippen LogP contribution in [0, 0.1) is 0 Å². The number of carbonyl (C=O) groups is 1. The number of hydrogen-bond acceptors (Lipinski definition) is 1. The third-order valence-corrected chi connectivity index (χ3v) is 1.16. The van der Waals surface area contributed by atoms with Gasteiger partial charge in [0.25, 0.3) is 5.92 Å². The van der Waals surface area contributed by atoms with Crippen molar-refractivity contribution in [1.29, 1.82) is 0 Å². The molecule has 0 aliphatic carbocycles. The number of halogens is 5. The number of carboxylic acids is 1. The maximum Gasteiger partial charge on any atom is 0.394 e. The lowest BCUT2D eigenvalue weighted by atomic mass is 10.1. The van der Waals surface area contributed by atoms with Crippen molar-refractivity contribution in [3.63, 3.8) is 0 Å². The van der Waals surface area contributed by atoms with E-state index in [1.54, 1.807) is 0 Å². The van der Waals surface area contributed by atoms with Gasteiger partial charge in [0.1, 0.15) is 6.42 Å². The van der Waals surface area contributed by atoms with Gasteiger partial charge in [0.05, 0.1) is 6.42 Å². The van der Waals surface area contributed by atoms with Gasteiger partial charge in [0.15, 0.2) is 0 Å². The van der Waals surface area contributed by atoms with Crippen molar-refractivity contribution in [3.05, 3.63) is 0 Å². The normalized spacial score (nSPS) is 13.0. The highest BCUT2D eigenvalue weighted by Crippen LogP contribution is 2.34. The molecule has 0 radical (unpaired) electrons. The zero-order valence-electron chi connectivity index (χ0n) is 6.37. The lowest BCUT2D eigenvalue weighted by molar-refractivity contribution is -0.190. The Morgan fingerprint density at radius 3 is 1.92 bits per heavy atom. The fourth-order valence-electron chi connectivity index (χ4n) is 0.671. The topological polar surface area (TPSA) is 37.3 Å². The number of hydrogen-bond donors (Lipinski definition) is 1. The Bertz CT molecular complexity index is 186. The number of rotatable bonds is 4. The predicted molar refractivity (Wildman–Crippen MR) is 32.5 cm³/mol. The van der Waals surface area contributed by atoms with Crippen LogP contribution < -0.4 is 0 Å². The molecule has 0 aliphatic heterocycles. The van der Waals surface area contributed by atoms with E-state index in [-0.39, 0.29) is 0 Å². The average molecular weight is 206 g/mol. The molecule has 2 nitrogen and oxygen atoms in total. The van der Waals surface area contributed by atoms with Gasteiger partial charge in [0.2, 0.25) is 0 Å². The molecule has 0 amide bonds. The number of carboxylic acid groups (broad SMARTS) is 1. The molecule has 0 aromatic heterocycles. The maximum atomic E-state index is 12.3. The minimum Gasteiger partial charge on any atom is -0.481 e. The first-order chi connectivity index (χ1) is 5.62. The predicted octanol–water partition coefficient (Wildman–Crippen LogP) is 2.44. The minimum absolute atomic E-state index is 0.969. The summed E-state index contributed by atoms with van der Waals surface area (Å²) >= 11 is 0. The minimum atomic E-state index is -4.97. The Hall–Kier alpha value is -0.880. The van der Waals surface area contributed by atoms with E-state index in [9.17, 15) is 26.7 Å². The van der Waals surface area contributed by atoms with Crippen LogP contribution in [0.25, 0.3) is 0 Å². The van der Waals surface area contributed by atoms with Crippen molar-refractivity contribution in [2.75, 3.05) is 0 Å². The Morgan fingerprint density at radius 2 is 1.62 bits per heavy atom. The van der Waals surface area contributed by atoms with E-state index in [4.69, 9.17) is 5.11 Å². The zero-order chi connectivity index (χ0) is 10.7. The smallest absolute Gasteiger partial charge is 0.394 e. The fraction of sp³-hybridized carbons (Fsp3) is 0.833. The van der Waals surface area contributed by atoms with E-state index in [2.05, 4.69) is 0 Å². The van der Waals surface area contributed by atoms with Crippen LogP contribution in [0.1, 0.15) is 19.3 Å². The van der Waals surface area contributed by atoms with Crippen molar-refractivity contribution < 1.29 is 31.9 Å². The van der Waals surface area contributed by atoms with Gasteiger partial charge >= 0.3 is 12.1 Å². The summed E-state index contributed by atoms with van der Waals surface area (Å²) in [5.41, 5.74) is 0. The molecule has 0 rings (SSSR count). The summed E-state index contributed by atoms with van der Waals surface area (Å²) < 4.78 is 58.9. The quantitative estimate of drug-likeness (QED) is 0.717. The van der Waals surface area contributed by atoms with E-state index in [0.29, 0.717) is 0 Å². The van der Waals surface area contributed by atoms with Crippen molar-refractivity contribution >= 4 is 5.97 Å². The second-order valence-corrected chi connectivity index (χ2v) is 2.54. The lowest BCUT2D eigenvalue weighted by Gasteiger charge is -2.16. The maximum absolute atomic E-state index is 12.3. The summed E-state index contributed by atoms with van der Waals surface area (Å²) in [5.74, 6) is -5.53. The van der Waals surface area contributed by atoms with Gasteiger partial charge in [-0.1, -0.05) is 0 Å². The molecule has 0 aromatic rings. The summed E-state index contributed by atoms with van der Waals surface area (Å²) in [6.45, 7) is 0. The van der Waals surface area contributed by atoms with Crippen molar-refractivity contribution in [3.8, 4) is 0 Å². The molecule has 13 heavy (non-hydrogen) atoms. The third-order valence-electron chi connectivity index (χ3n) is 1.16. The van der Waals surface area contributed by atoms with Crippen LogP contribution in [-0.4, -0.2) is 23.2 Å². The molecule has 78 valence electrons. The molecule has 7 heteroatoms. The van der Waals surface area contributed by atoms with E-state index < -0.39 is 37.3 Å². The molecular formula is C6H7F5O2. The standard InChI is InChI=1S/C6H7F5O2/c7-5(8,2-1-4(12)13)3-6(9,10)11/h1-3H2,(H,12,13). The molecule has 0 fully saturated rings. The molecule has 0 heterocycles. The lowest BCUT2D eigenvalue weighted by Crippen LogP contribution is -2.26. The Balaban J connectivity index is 4.01. The van der Waals surface area contributed by atoms with E-state index in [0.717, 1.165) is 0 Å². The van der Waals surface area contributed by atoms with Crippen molar-refractivity contribution in [2.45, 2.75) is 31.4 Å². The molecule has 0 aromatic carbocycles. The van der Waals surface area contributed by atoms with Crippen LogP contribution in [-0.2, 0) is 4.79 Å². The monoisotopic (exact) mass is 206 g/mol. The first-order valence-corrected chi connectivity index (χ1v) is 3.29. The molecule has 0 atom stereocenters. The van der Waals surface area contributed by atoms with Crippen LogP contribution >= 0.6 is 0 Å². The first kappa shape index (κ1) is 12.1. The fourth-order valence-corrected chi connectivity index (χ4v) is 0.671. The van der Waals surface area contributed by atoms with Crippen LogP contribution in [0.15, 0.2) is 0 Å². The van der Waals surface area contributed by atoms with Gasteiger partial charge in [-0.3, -0.25) is 4.79 Å². The van der Waals surface area contributed by atoms with Crippen LogP contribution in [0.2, 0.25) is 0 Å². The Labute approximate surface area is 70.3 Å². The van der Waals surface area contributed by atoms with Gasteiger partial charge in [-0.25, -0.2) is 8.78 Å². The van der Waals surface area contributed by atoms with E-state index in [1.807, 2.05) is 0 Å². The average Bonchev–Trinajstić information content (AvgIpc) is 1.78. The summed E-state index contributed by atoms with van der Waals surface area (Å²) in [6.07, 6.45) is -9.50. The molecule has 0 unspecified atom stereocenters. The van der Waals surface area contributed by atoms with Gasteiger partial charge in [-0.2, -0.15) is 13.2 Å². The van der Waals surface area contributed by atoms with Gasteiger partial charge in [-0.05, 0) is 0 Å². The number of aliphatic carboxylic acids is 1. The summed E-state index contributed by atoms with van der Waals surface area (Å²) in [5, 5.41) is 7.96. The van der Waals surface area contributed by atoms with Gasteiger partial charge in [0, 0.05) is 6.42 Å². The van der Waals surface area contributed by atoms with Crippen molar-refractivity contribution in [1.82, 2.24) is 0 Å². The van der Waals surface area contributed by atoms with E-state index >= 15 is 0 Å². The van der Waals surface area contributed by atoms with Gasteiger partial charge in [-0.15, -0.1) is 0 Å². The third kappa shape index (κ3) is 7.48. The summed E-state index contributed by atoms with van der Waals surface area (Å²) in [7, 11) is 0. The van der Waals surface area contributed by atoms with Crippen molar-refractivity contribution in [2.24, 2.45) is 0 Å². The van der Waals surface area contributed by atoms with Gasteiger partial charge < -0.3 is 5.11 Å².